The molecule has 1 unspecified atom stereocenters. The zero-order valence-corrected chi connectivity index (χ0v) is 16.5. The Hall–Kier alpha value is -2.44. The first kappa shape index (κ1) is 18.9. The summed E-state index contributed by atoms with van der Waals surface area (Å²) >= 11 is 0. The monoisotopic (exact) mass is 396 g/mol. The Morgan fingerprint density at radius 2 is 1.61 bits per heavy atom. The van der Waals surface area contributed by atoms with Crippen molar-refractivity contribution < 1.29 is 13.2 Å². The Bertz CT molecular complexity index is 971. The van der Waals surface area contributed by atoms with Crippen LogP contribution in [0, 0.1) is 0 Å². The van der Waals surface area contributed by atoms with Crippen LogP contribution in [0.2, 0.25) is 0 Å². The summed E-state index contributed by atoms with van der Waals surface area (Å²) in [5.74, 6) is -0.0830. The van der Waals surface area contributed by atoms with Gasteiger partial charge in [-0.3, -0.25) is 4.79 Å². The molecule has 2 aliphatic rings. The summed E-state index contributed by atoms with van der Waals surface area (Å²) in [4.78, 5) is 15.2. The molecule has 5 nitrogen and oxygen atoms in total. The third-order valence-electron chi connectivity index (χ3n) is 5.50. The molecule has 1 saturated heterocycles. The molecule has 0 saturated carbocycles. The lowest BCUT2D eigenvalue weighted by atomic mass is 9.99. The van der Waals surface area contributed by atoms with Crippen LogP contribution in [0.25, 0.3) is 5.57 Å². The van der Waals surface area contributed by atoms with Gasteiger partial charge in [-0.2, -0.15) is 4.31 Å². The van der Waals surface area contributed by atoms with Gasteiger partial charge in [0, 0.05) is 19.6 Å². The maximum Gasteiger partial charge on any atom is 0.243 e. The smallest absolute Gasteiger partial charge is 0.243 e. The van der Waals surface area contributed by atoms with E-state index in [2.05, 4.69) is 18.2 Å². The molecule has 146 valence electrons. The van der Waals surface area contributed by atoms with E-state index < -0.39 is 16.1 Å². The Morgan fingerprint density at radius 3 is 2.25 bits per heavy atom. The Kier molecular flexibility index (Phi) is 5.33. The lowest BCUT2D eigenvalue weighted by Crippen LogP contribution is -2.48. The van der Waals surface area contributed by atoms with Gasteiger partial charge in [-0.1, -0.05) is 54.6 Å². The first-order valence-electron chi connectivity index (χ1n) is 9.67. The van der Waals surface area contributed by atoms with Crippen LogP contribution in [0.3, 0.4) is 0 Å². The van der Waals surface area contributed by atoms with Crippen molar-refractivity contribution in [3.05, 3.63) is 72.3 Å². The number of carbonyl (C=O) groups excluding carboxylic acids is 1. The van der Waals surface area contributed by atoms with Crippen molar-refractivity contribution in [3.63, 3.8) is 0 Å². The van der Waals surface area contributed by atoms with Gasteiger partial charge in [0.15, 0.2) is 0 Å². The van der Waals surface area contributed by atoms with Crippen LogP contribution in [0.15, 0.2) is 71.6 Å². The molecule has 6 heteroatoms. The minimum Gasteiger partial charge on any atom is -0.337 e. The van der Waals surface area contributed by atoms with Crippen LogP contribution >= 0.6 is 0 Å². The van der Waals surface area contributed by atoms with Gasteiger partial charge >= 0.3 is 0 Å². The van der Waals surface area contributed by atoms with E-state index in [0.29, 0.717) is 32.5 Å². The highest BCUT2D eigenvalue weighted by atomic mass is 32.2. The summed E-state index contributed by atoms with van der Waals surface area (Å²) in [5.41, 5.74) is 2.42. The van der Waals surface area contributed by atoms with Gasteiger partial charge in [0.1, 0.15) is 6.04 Å². The predicted molar refractivity (Wildman–Crippen MR) is 109 cm³/mol. The van der Waals surface area contributed by atoms with E-state index in [-0.39, 0.29) is 10.8 Å². The molecule has 1 fully saturated rings. The van der Waals surface area contributed by atoms with Crippen molar-refractivity contribution >= 4 is 21.5 Å². The molecule has 1 amide bonds. The quantitative estimate of drug-likeness (QED) is 0.798. The number of sulfonamides is 1. The highest BCUT2D eigenvalue weighted by Crippen LogP contribution is 2.29. The van der Waals surface area contributed by atoms with Crippen LogP contribution in [-0.2, 0) is 14.8 Å². The summed E-state index contributed by atoms with van der Waals surface area (Å²) in [7, 11) is -3.65. The highest BCUT2D eigenvalue weighted by Gasteiger charge is 2.41. The Labute approximate surface area is 166 Å². The van der Waals surface area contributed by atoms with Crippen molar-refractivity contribution in [3.8, 4) is 0 Å². The second-order valence-corrected chi connectivity index (χ2v) is 9.11. The van der Waals surface area contributed by atoms with E-state index in [9.17, 15) is 13.2 Å². The summed E-state index contributed by atoms with van der Waals surface area (Å²) in [6.45, 7) is 1.54. The van der Waals surface area contributed by atoms with E-state index in [0.717, 1.165) is 6.42 Å². The first-order valence-corrected chi connectivity index (χ1v) is 11.1. The van der Waals surface area contributed by atoms with E-state index in [4.69, 9.17) is 0 Å². The molecule has 28 heavy (non-hydrogen) atoms. The number of benzene rings is 2. The van der Waals surface area contributed by atoms with Crippen LogP contribution in [0.4, 0.5) is 0 Å². The maximum absolute atomic E-state index is 13.1. The van der Waals surface area contributed by atoms with Crippen molar-refractivity contribution in [2.24, 2.45) is 0 Å². The molecular formula is C22H24N2O3S. The number of hydrogen-bond acceptors (Lipinski definition) is 3. The van der Waals surface area contributed by atoms with E-state index >= 15 is 0 Å². The van der Waals surface area contributed by atoms with Gasteiger partial charge in [-0.25, -0.2) is 8.42 Å². The van der Waals surface area contributed by atoms with Gasteiger partial charge in [0.25, 0.3) is 0 Å². The number of nitrogens with zero attached hydrogens (tertiary/aromatic N) is 2. The molecule has 2 heterocycles. The fraction of sp³-hybridized carbons (Fsp3) is 0.318. The Morgan fingerprint density at radius 1 is 0.929 bits per heavy atom. The summed E-state index contributed by atoms with van der Waals surface area (Å²) in [6.07, 6.45) is 4.16. The van der Waals surface area contributed by atoms with Gasteiger partial charge in [-0.05, 0) is 42.5 Å². The van der Waals surface area contributed by atoms with Crippen molar-refractivity contribution in [1.29, 1.82) is 0 Å². The second kappa shape index (κ2) is 7.89. The molecule has 0 aromatic heterocycles. The Balaban J connectivity index is 1.50. The molecule has 0 radical (unpaired) electrons. The average Bonchev–Trinajstić information content (AvgIpc) is 3.25. The lowest BCUT2D eigenvalue weighted by molar-refractivity contribution is -0.134. The molecule has 1 atom stereocenters. The summed E-state index contributed by atoms with van der Waals surface area (Å²) < 4.78 is 27.4. The molecule has 0 bridgehead atoms. The highest BCUT2D eigenvalue weighted by molar-refractivity contribution is 7.89. The predicted octanol–water partition coefficient (Wildman–Crippen LogP) is 3.16. The first-order chi connectivity index (χ1) is 13.6. The van der Waals surface area contributed by atoms with Crippen molar-refractivity contribution in [2.45, 2.75) is 30.2 Å². The van der Waals surface area contributed by atoms with Crippen LogP contribution < -0.4 is 0 Å². The minimum atomic E-state index is -3.65. The maximum atomic E-state index is 13.1. The van der Waals surface area contributed by atoms with Gasteiger partial charge < -0.3 is 4.90 Å². The largest absolute Gasteiger partial charge is 0.337 e. The summed E-state index contributed by atoms with van der Waals surface area (Å²) in [5, 5.41) is 0. The molecule has 2 aliphatic heterocycles. The van der Waals surface area contributed by atoms with Crippen LogP contribution in [0.5, 0.6) is 0 Å². The van der Waals surface area contributed by atoms with Crippen LogP contribution in [0.1, 0.15) is 24.8 Å². The standard InChI is InChI=1S/C22H24N2O3S/c25-22(23-16-13-19(14-17-23)18-8-3-1-4-9-18)21-12-7-15-24(21)28(26,27)20-10-5-2-6-11-20/h1-6,8-11,13,21H,7,12,14-17H2. The van der Waals surface area contributed by atoms with Gasteiger partial charge in [-0.15, -0.1) is 0 Å². The number of carbonyl (C=O) groups is 1. The molecule has 2 aromatic carbocycles. The third kappa shape index (κ3) is 3.62. The van der Waals surface area contributed by atoms with Crippen molar-refractivity contribution in [1.82, 2.24) is 9.21 Å². The average molecular weight is 397 g/mol. The van der Waals surface area contributed by atoms with E-state index in [1.54, 1.807) is 35.2 Å². The zero-order valence-electron chi connectivity index (χ0n) is 15.7. The number of amides is 1. The topological polar surface area (TPSA) is 57.7 Å². The molecular weight excluding hydrogens is 372 g/mol. The number of rotatable bonds is 4. The zero-order chi connectivity index (χ0) is 19.6. The molecule has 0 spiro atoms. The SMILES string of the molecule is O=C(C1CCCN1S(=O)(=O)c1ccccc1)N1CC=C(c2ccccc2)CC1. The van der Waals surface area contributed by atoms with Crippen LogP contribution in [-0.4, -0.2) is 49.2 Å². The second-order valence-electron chi connectivity index (χ2n) is 7.22. The molecule has 0 N–H and O–H groups in total. The molecule has 4 rings (SSSR count). The third-order valence-corrected chi connectivity index (χ3v) is 7.43. The fourth-order valence-corrected chi connectivity index (χ4v) is 5.67. The van der Waals surface area contributed by atoms with E-state index in [1.807, 2.05) is 18.2 Å². The normalized spacial score (nSPS) is 20.8. The lowest BCUT2D eigenvalue weighted by Gasteiger charge is -2.32. The minimum absolute atomic E-state index is 0.0830. The van der Waals surface area contributed by atoms with Gasteiger partial charge in [0.2, 0.25) is 15.9 Å². The molecule has 2 aromatic rings. The van der Waals surface area contributed by atoms with Crippen molar-refractivity contribution in [2.75, 3.05) is 19.6 Å². The van der Waals surface area contributed by atoms with E-state index in [1.165, 1.54) is 15.4 Å². The summed E-state index contributed by atoms with van der Waals surface area (Å²) in [6, 6.07) is 18.0. The fourth-order valence-electron chi connectivity index (χ4n) is 4.00. The molecule has 0 aliphatic carbocycles. The number of hydrogen-bond donors (Lipinski definition) is 0. The van der Waals surface area contributed by atoms with Gasteiger partial charge in [0.05, 0.1) is 4.90 Å².